The number of rotatable bonds is 5. The van der Waals surface area contributed by atoms with E-state index in [4.69, 9.17) is 9.47 Å². The van der Waals surface area contributed by atoms with Gasteiger partial charge in [-0.15, -0.1) is 0 Å². The number of carbonyl (C=O) groups excluding carboxylic acids is 3. The third kappa shape index (κ3) is 3.33. The van der Waals surface area contributed by atoms with Crippen LogP contribution in [-0.2, 0) is 9.59 Å². The molecule has 0 N–H and O–H groups in total. The number of fused-ring (bicyclic) bond motifs is 7. The predicted molar refractivity (Wildman–Crippen MR) is 153 cm³/mol. The third-order valence-electron chi connectivity index (χ3n) is 8.37. The molecular formula is C33H26N2O5. The molecular weight excluding hydrogens is 504 g/mol. The summed E-state index contributed by atoms with van der Waals surface area (Å²) in [5.74, 6) is -1.70. The minimum atomic E-state index is -0.872. The maximum atomic E-state index is 14.3. The minimum Gasteiger partial charge on any atom is -0.497 e. The van der Waals surface area contributed by atoms with E-state index in [2.05, 4.69) is 6.07 Å². The first-order chi connectivity index (χ1) is 19.5. The number of benzene rings is 4. The maximum Gasteiger partial charge on any atom is 0.240 e. The maximum absolute atomic E-state index is 14.3. The second-order valence-corrected chi connectivity index (χ2v) is 10.3. The first-order valence-electron chi connectivity index (χ1n) is 13.2. The highest BCUT2D eigenvalue weighted by Gasteiger charge is 2.64. The average Bonchev–Trinajstić information content (AvgIpc) is 3.48. The summed E-state index contributed by atoms with van der Waals surface area (Å²) in [6.07, 6.45) is 4.00. The van der Waals surface area contributed by atoms with Gasteiger partial charge in [-0.1, -0.05) is 72.8 Å². The standard InChI is InChI=1S/C33H26N2O5/c1-39-21-13-17-27(40-2)26(18-21)35-32(37)28-25-16-14-23-22-11-7-6-8-19(22)12-15-24(23)34(25)30(29(28)33(35)38)31(36)20-9-4-3-5-10-20/h3-18,25,28-30H,1-2H3/t25-,28+,29+,30-/m1/s1. The smallest absolute Gasteiger partial charge is 0.240 e. The Balaban J connectivity index is 1.41. The Bertz CT molecular complexity index is 1730. The molecule has 2 saturated heterocycles. The highest BCUT2D eigenvalue weighted by atomic mass is 16.5. The quantitative estimate of drug-likeness (QED) is 0.263. The van der Waals surface area contributed by atoms with Gasteiger partial charge in [0.05, 0.1) is 37.8 Å². The highest BCUT2D eigenvalue weighted by Crippen LogP contribution is 2.51. The van der Waals surface area contributed by atoms with Gasteiger partial charge < -0.3 is 14.4 Å². The van der Waals surface area contributed by atoms with Crippen molar-refractivity contribution in [3.8, 4) is 11.5 Å². The number of hydrogen-bond acceptors (Lipinski definition) is 6. The van der Waals surface area contributed by atoms with E-state index < -0.39 is 29.8 Å². The molecule has 3 heterocycles. The zero-order valence-corrected chi connectivity index (χ0v) is 22.0. The lowest BCUT2D eigenvalue weighted by atomic mass is 9.86. The topological polar surface area (TPSA) is 76.1 Å². The van der Waals surface area contributed by atoms with Crippen molar-refractivity contribution >= 4 is 45.8 Å². The summed E-state index contributed by atoms with van der Waals surface area (Å²) in [6, 6.07) is 24.8. The Morgan fingerprint density at radius 2 is 1.52 bits per heavy atom. The van der Waals surface area contributed by atoms with Gasteiger partial charge in [-0.3, -0.25) is 14.4 Å². The molecule has 0 unspecified atom stereocenters. The lowest BCUT2D eigenvalue weighted by Crippen LogP contribution is -2.48. The zero-order valence-electron chi connectivity index (χ0n) is 22.0. The molecule has 7 nitrogen and oxygen atoms in total. The van der Waals surface area contributed by atoms with Crippen LogP contribution in [0.2, 0.25) is 0 Å². The van der Waals surface area contributed by atoms with E-state index in [0.717, 1.165) is 22.0 Å². The van der Waals surface area contributed by atoms with Crippen LogP contribution in [0.5, 0.6) is 11.5 Å². The molecule has 4 aromatic rings. The molecule has 198 valence electrons. The number of imide groups is 1. The second kappa shape index (κ2) is 9.09. The number of amides is 2. The largest absolute Gasteiger partial charge is 0.497 e. The summed E-state index contributed by atoms with van der Waals surface area (Å²) < 4.78 is 10.9. The van der Waals surface area contributed by atoms with E-state index in [9.17, 15) is 14.4 Å². The van der Waals surface area contributed by atoms with Crippen LogP contribution in [0.15, 0.2) is 91.0 Å². The summed E-state index contributed by atoms with van der Waals surface area (Å²) >= 11 is 0. The van der Waals surface area contributed by atoms with Crippen molar-refractivity contribution in [3.63, 3.8) is 0 Å². The van der Waals surface area contributed by atoms with Crippen LogP contribution in [0.3, 0.4) is 0 Å². The Morgan fingerprint density at radius 3 is 2.30 bits per heavy atom. The van der Waals surface area contributed by atoms with Crippen LogP contribution < -0.4 is 19.3 Å². The number of ether oxygens (including phenoxy) is 2. The van der Waals surface area contributed by atoms with Crippen molar-refractivity contribution in [2.24, 2.45) is 11.8 Å². The SMILES string of the molecule is COc1ccc(OC)c(N2C(=O)[C@@H]3[C@H](C2=O)[C@H](C(=O)c2ccccc2)N2c4ccc5ccccc5c4C=C[C@H]32)c1. The van der Waals surface area contributed by atoms with E-state index in [0.29, 0.717) is 22.7 Å². The molecule has 4 aromatic carbocycles. The van der Waals surface area contributed by atoms with Crippen LogP contribution in [0.25, 0.3) is 16.8 Å². The van der Waals surface area contributed by atoms with Gasteiger partial charge in [0.2, 0.25) is 11.8 Å². The Morgan fingerprint density at radius 1 is 0.775 bits per heavy atom. The van der Waals surface area contributed by atoms with E-state index in [1.165, 1.54) is 19.1 Å². The van der Waals surface area contributed by atoms with Crippen molar-refractivity contribution in [1.29, 1.82) is 0 Å². The number of methoxy groups -OCH3 is 2. The molecule has 2 fully saturated rings. The van der Waals surface area contributed by atoms with Crippen LogP contribution in [0.4, 0.5) is 11.4 Å². The molecule has 0 aromatic heterocycles. The molecule has 0 bridgehead atoms. The molecule has 40 heavy (non-hydrogen) atoms. The van der Waals surface area contributed by atoms with Crippen LogP contribution in [0.1, 0.15) is 15.9 Å². The van der Waals surface area contributed by atoms with E-state index in [1.54, 1.807) is 30.3 Å². The molecule has 2 amide bonds. The molecule has 0 aliphatic carbocycles. The van der Waals surface area contributed by atoms with E-state index in [1.807, 2.05) is 65.6 Å². The van der Waals surface area contributed by atoms with Crippen LogP contribution in [0, 0.1) is 11.8 Å². The number of ketones is 1. The first kappa shape index (κ1) is 24.2. The van der Waals surface area contributed by atoms with Gasteiger partial charge in [-0.2, -0.15) is 0 Å². The van der Waals surface area contributed by atoms with Crippen LogP contribution >= 0.6 is 0 Å². The molecule has 7 heteroatoms. The minimum absolute atomic E-state index is 0.187. The van der Waals surface area contributed by atoms with Gasteiger partial charge in [-0.05, 0) is 29.0 Å². The van der Waals surface area contributed by atoms with Crippen molar-refractivity contribution in [2.75, 3.05) is 24.0 Å². The summed E-state index contributed by atoms with van der Waals surface area (Å²) in [5, 5.41) is 2.14. The number of anilines is 2. The van der Waals surface area contributed by atoms with Gasteiger partial charge in [-0.25, -0.2) is 4.90 Å². The molecule has 0 radical (unpaired) electrons. The Kier molecular flexibility index (Phi) is 5.49. The zero-order chi connectivity index (χ0) is 27.5. The van der Waals surface area contributed by atoms with Gasteiger partial charge >= 0.3 is 0 Å². The monoisotopic (exact) mass is 530 g/mol. The van der Waals surface area contributed by atoms with Gasteiger partial charge in [0.15, 0.2) is 5.78 Å². The van der Waals surface area contributed by atoms with Crippen LogP contribution in [-0.4, -0.2) is 43.9 Å². The van der Waals surface area contributed by atoms with Gasteiger partial charge in [0, 0.05) is 22.9 Å². The van der Waals surface area contributed by atoms with Gasteiger partial charge in [0.1, 0.15) is 17.5 Å². The number of Topliss-reactive ketones (excluding diaryl/α,β-unsaturated/α-hetero) is 1. The normalized spacial score (nSPS) is 22.8. The fourth-order valence-electron chi connectivity index (χ4n) is 6.61. The molecule has 0 saturated carbocycles. The van der Waals surface area contributed by atoms with Crippen molar-refractivity contribution in [1.82, 2.24) is 0 Å². The molecule has 0 spiro atoms. The molecule has 3 aliphatic rings. The number of nitrogens with zero attached hydrogens (tertiary/aromatic N) is 2. The van der Waals surface area contributed by atoms with Crippen molar-refractivity contribution in [2.45, 2.75) is 12.1 Å². The number of carbonyl (C=O) groups is 3. The van der Waals surface area contributed by atoms with Crippen molar-refractivity contribution in [3.05, 3.63) is 102 Å². The van der Waals surface area contributed by atoms with E-state index in [-0.39, 0.29) is 11.7 Å². The third-order valence-corrected chi connectivity index (χ3v) is 8.37. The summed E-state index contributed by atoms with van der Waals surface area (Å²) in [7, 11) is 3.01. The second-order valence-electron chi connectivity index (χ2n) is 10.3. The van der Waals surface area contributed by atoms with E-state index >= 15 is 0 Å². The Labute approximate surface area is 231 Å². The Hall–Kier alpha value is -4.91. The average molecular weight is 531 g/mol. The van der Waals surface area contributed by atoms with Gasteiger partial charge in [0.25, 0.3) is 0 Å². The predicted octanol–water partition coefficient (Wildman–Crippen LogP) is 5.13. The lowest BCUT2D eigenvalue weighted by molar-refractivity contribution is -0.122. The molecule has 7 rings (SSSR count). The highest BCUT2D eigenvalue weighted by molar-refractivity contribution is 6.26. The summed E-state index contributed by atoms with van der Waals surface area (Å²) in [4.78, 5) is 45.9. The number of hydrogen-bond donors (Lipinski definition) is 0. The first-order valence-corrected chi connectivity index (χ1v) is 13.2. The fourth-order valence-corrected chi connectivity index (χ4v) is 6.61. The summed E-state index contributed by atoms with van der Waals surface area (Å²) in [5.41, 5.74) is 2.64. The molecule has 3 aliphatic heterocycles. The summed E-state index contributed by atoms with van der Waals surface area (Å²) in [6.45, 7) is 0. The fraction of sp³-hybridized carbons (Fsp3) is 0.182. The molecule has 4 atom stereocenters. The lowest BCUT2D eigenvalue weighted by Gasteiger charge is -2.37. The van der Waals surface area contributed by atoms with Crippen molar-refractivity contribution < 1.29 is 23.9 Å².